The predicted molar refractivity (Wildman–Crippen MR) is 125 cm³/mol. The Labute approximate surface area is 192 Å². The summed E-state index contributed by atoms with van der Waals surface area (Å²) in [6.07, 6.45) is 0.0238. The molecule has 1 atom stereocenters. The molecule has 3 aromatic carbocycles. The number of nitro groups is 1. The minimum absolute atomic E-state index is 0.188. The van der Waals surface area contributed by atoms with Gasteiger partial charge in [-0.2, -0.15) is 9.78 Å². The number of carboxylic acids is 1. The Morgan fingerprint density at radius 1 is 1.15 bits per heavy atom. The van der Waals surface area contributed by atoms with E-state index in [-0.39, 0.29) is 5.75 Å². The number of fused-ring (bicyclic) bond motifs is 1. The molecule has 1 aromatic heterocycles. The van der Waals surface area contributed by atoms with Gasteiger partial charge < -0.3 is 9.84 Å². The van der Waals surface area contributed by atoms with Crippen LogP contribution in [0.2, 0.25) is 0 Å². The van der Waals surface area contributed by atoms with Crippen molar-refractivity contribution in [2.45, 2.75) is 13.0 Å². The Morgan fingerprint density at radius 2 is 1.85 bits per heavy atom. The maximum absolute atomic E-state index is 13.2. The third-order valence-electron chi connectivity index (χ3n) is 4.94. The number of nitro benzene ring substituents is 1. The molecule has 0 unspecified atom stereocenters. The van der Waals surface area contributed by atoms with Gasteiger partial charge in [0.2, 0.25) is 0 Å². The van der Waals surface area contributed by atoms with Crippen LogP contribution in [0.3, 0.4) is 0 Å². The van der Waals surface area contributed by atoms with Crippen LogP contribution in [-0.2, 0) is 4.79 Å². The standard InChI is InChI=1S/C24H18N4O6/c1-15(24(30)31)34-21-12-11-16(13-20(21)28(32)33)14-25-27-22(17-7-3-2-4-8-17)26-19-10-6-5-9-18(19)23(27)29/h2-15H,1H3,(H,30,31)/t15-/m1/s1. The summed E-state index contributed by atoms with van der Waals surface area (Å²) in [5, 5.41) is 25.2. The SMILES string of the molecule is C[C@@H](Oc1ccc(C=Nn2c(-c3ccccc3)nc3ccccc3c2=O)cc1[N+](=O)[O-])C(=O)O. The molecule has 0 aliphatic rings. The summed E-state index contributed by atoms with van der Waals surface area (Å²) in [5.41, 5.74) is 0.665. The molecule has 0 bridgehead atoms. The Hall–Kier alpha value is -4.86. The fraction of sp³-hybridized carbons (Fsp3) is 0.0833. The normalized spacial score (nSPS) is 12.0. The minimum atomic E-state index is -1.27. The van der Waals surface area contributed by atoms with Gasteiger partial charge in [-0.05, 0) is 31.2 Å². The highest BCUT2D eigenvalue weighted by Gasteiger charge is 2.21. The summed E-state index contributed by atoms with van der Waals surface area (Å²) in [7, 11) is 0. The fourth-order valence-corrected chi connectivity index (χ4v) is 3.23. The zero-order chi connectivity index (χ0) is 24.2. The molecule has 10 nitrogen and oxygen atoms in total. The maximum atomic E-state index is 13.2. The predicted octanol–water partition coefficient (Wildman–Crippen LogP) is 3.71. The van der Waals surface area contributed by atoms with Crippen LogP contribution in [0.5, 0.6) is 5.75 Å². The molecular formula is C24H18N4O6. The minimum Gasteiger partial charge on any atom is -0.479 e. The van der Waals surface area contributed by atoms with Gasteiger partial charge in [0.05, 0.1) is 22.0 Å². The number of rotatable bonds is 7. The Balaban J connectivity index is 1.80. The van der Waals surface area contributed by atoms with Gasteiger partial charge in [0.25, 0.3) is 5.56 Å². The van der Waals surface area contributed by atoms with E-state index in [1.807, 2.05) is 18.2 Å². The molecule has 4 rings (SSSR count). The van der Waals surface area contributed by atoms with Gasteiger partial charge in [0.1, 0.15) is 0 Å². The number of carbonyl (C=O) groups is 1. The van der Waals surface area contributed by atoms with E-state index in [1.165, 1.54) is 31.3 Å². The Kier molecular flexibility index (Phi) is 6.13. The zero-order valence-electron chi connectivity index (χ0n) is 17.9. The summed E-state index contributed by atoms with van der Waals surface area (Å²) < 4.78 is 6.32. The zero-order valence-corrected chi connectivity index (χ0v) is 17.9. The molecule has 4 aromatic rings. The first-order chi connectivity index (χ1) is 16.3. The lowest BCUT2D eigenvalue weighted by Gasteiger charge is -2.11. The van der Waals surface area contributed by atoms with E-state index in [0.29, 0.717) is 27.9 Å². The number of aliphatic carboxylic acids is 1. The summed E-state index contributed by atoms with van der Waals surface area (Å²) in [6, 6.07) is 19.9. The second kappa shape index (κ2) is 9.33. The lowest BCUT2D eigenvalue weighted by Crippen LogP contribution is -2.23. The molecule has 0 radical (unpaired) electrons. The number of ether oxygens (including phenoxy) is 1. The van der Waals surface area contributed by atoms with E-state index in [2.05, 4.69) is 10.1 Å². The first kappa shape index (κ1) is 22.3. The first-order valence-corrected chi connectivity index (χ1v) is 10.1. The molecule has 0 aliphatic carbocycles. The van der Waals surface area contributed by atoms with Crippen LogP contribution in [0.4, 0.5) is 5.69 Å². The molecule has 170 valence electrons. The Morgan fingerprint density at radius 3 is 2.56 bits per heavy atom. The van der Waals surface area contributed by atoms with Crippen molar-refractivity contribution in [2.75, 3.05) is 0 Å². The topological polar surface area (TPSA) is 137 Å². The van der Waals surface area contributed by atoms with E-state index in [9.17, 15) is 19.7 Å². The molecule has 10 heteroatoms. The van der Waals surface area contributed by atoms with Gasteiger partial charge in [0.15, 0.2) is 17.7 Å². The molecular weight excluding hydrogens is 440 g/mol. The number of benzene rings is 3. The van der Waals surface area contributed by atoms with Crippen LogP contribution in [0.15, 0.2) is 82.7 Å². The quantitative estimate of drug-likeness (QED) is 0.253. The molecule has 0 fully saturated rings. The summed E-state index contributed by atoms with van der Waals surface area (Å²) in [6.45, 7) is 1.27. The average molecular weight is 458 g/mol. The number of hydrogen-bond acceptors (Lipinski definition) is 7. The number of carboxylic acid groups (broad SMARTS) is 1. The van der Waals surface area contributed by atoms with Crippen LogP contribution in [0.1, 0.15) is 12.5 Å². The molecule has 1 N–H and O–H groups in total. The van der Waals surface area contributed by atoms with Gasteiger partial charge in [0, 0.05) is 17.2 Å². The lowest BCUT2D eigenvalue weighted by molar-refractivity contribution is -0.386. The van der Waals surface area contributed by atoms with Crippen LogP contribution in [0.25, 0.3) is 22.3 Å². The van der Waals surface area contributed by atoms with Crippen LogP contribution < -0.4 is 10.3 Å². The number of para-hydroxylation sites is 1. The van der Waals surface area contributed by atoms with Crippen LogP contribution in [0, 0.1) is 10.1 Å². The molecule has 34 heavy (non-hydrogen) atoms. The van der Waals surface area contributed by atoms with Crippen LogP contribution >= 0.6 is 0 Å². The third kappa shape index (κ3) is 4.51. The number of aromatic nitrogens is 2. The largest absolute Gasteiger partial charge is 0.479 e. The first-order valence-electron chi connectivity index (χ1n) is 10.1. The van der Waals surface area contributed by atoms with Gasteiger partial charge in [-0.15, -0.1) is 0 Å². The van der Waals surface area contributed by atoms with Crippen molar-refractivity contribution in [1.82, 2.24) is 9.66 Å². The van der Waals surface area contributed by atoms with E-state index < -0.39 is 28.2 Å². The van der Waals surface area contributed by atoms with Crippen LogP contribution in [-0.4, -0.2) is 38.0 Å². The molecule has 1 heterocycles. The summed E-state index contributed by atoms with van der Waals surface area (Å²) in [5.74, 6) is -1.13. The maximum Gasteiger partial charge on any atom is 0.344 e. The summed E-state index contributed by atoms with van der Waals surface area (Å²) in [4.78, 5) is 39.6. The Bertz CT molecular complexity index is 1480. The second-order valence-corrected chi connectivity index (χ2v) is 7.26. The smallest absolute Gasteiger partial charge is 0.344 e. The van der Waals surface area contributed by atoms with Crippen molar-refractivity contribution >= 4 is 28.8 Å². The monoisotopic (exact) mass is 458 g/mol. The van der Waals surface area contributed by atoms with Crippen molar-refractivity contribution in [2.24, 2.45) is 5.10 Å². The summed E-state index contributed by atoms with van der Waals surface area (Å²) >= 11 is 0. The van der Waals surface area contributed by atoms with Gasteiger partial charge in [-0.3, -0.25) is 14.9 Å². The van der Waals surface area contributed by atoms with E-state index >= 15 is 0 Å². The van der Waals surface area contributed by atoms with Crippen molar-refractivity contribution in [3.63, 3.8) is 0 Å². The highest BCUT2D eigenvalue weighted by molar-refractivity contribution is 5.83. The second-order valence-electron chi connectivity index (χ2n) is 7.26. The van der Waals surface area contributed by atoms with Crippen molar-refractivity contribution in [3.8, 4) is 17.1 Å². The number of nitrogens with zero attached hydrogens (tertiary/aromatic N) is 4. The van der Waals surface area contributed by atoms with Gasteiger partial charge >= 0.3 is 11.7 Å². The molecule has 0 amide bonds. The number of hydrogen-bond donors (Lipinski definition) is 1. The molecule has 0 aliphatic heterocycles. The lowest BCUT2D eigenvalue weighted by atomic mass is 10.2. The molecule has 0 saturated heterocycles. The fourth-order valence-electron chi connectivity index (χ4n) is 3.23. The average Bonchev–Trinajstić information content (AvgIpc) is 2.84. The highest BCUT2D eigenvalue weighted by atomic mass is 16.6. The van der Waals surface area contributed by atoms with Crippen molar-refractivity contribution in [3.05, 3.63) is 98.8 Å². The molecule has 0 spiro atoms. The van der Waals surface area contributed by atoms with Gasteiger partial charge in [-0.1, -0.05) is 42.5 Å². The van der Waals surface area contributed by atoms with Crippen molar-refractivity contribution in [1.29, 1.82) is 0 Å². The van der Waals surface area contributed by atoms with E-state index in [0.717, 1.165) is 4.68 Å². The van der Waals surface area contributed by atoms with Gasteiger partial charge in [-0.25, -0.2) is 9.78 Å². The highest BCUT2D eigenvalue weighted by Crippen LogP contribution is 2.28. The third-order valence-corrected chi connectivity index (χ3v) is 4.94. The van der Waals surface area contributed by atoms with Crippen molar-refractivity contribution < 1.29 is 19.6 Å². The molecule has 0 saturated carbocycles. The van der Waals surface area contributed by atoms with E-state index in [1.54, 1.807) is 36.4 Å². The van der Waals surface area contributed by atoms with E-state index in [4.69, 9.17) is 9.84 Å².